The average Bonchev–Trinajstić information content (AvgIpc) is 2.84. The number of aryl methyl sites for hydroxylation is 1. The number of ether oxygens (including phenoxy) is 1. The summed E-state index contributed by atoms with van der Waals surface area (Å²) in [5, 5.41) is 17.7. The summed E-state index contributed by atoms with van der Waals surface area (Å²) in [5.74, 6) is 1.47. The van der Waals surface area contributed by atoms with Crippen LogP contribution in [0.3, 0.4) is 0 Å². The lowest BCUT2D eigenvalue weighted by atomic mass is 9.61. The van der Waals surface area contributed by atoms with Crippen LogP contribution in [0.25, 0.3) is 11.1 Å². The summed E-state index contributed by atoms with van der Waals surface area (Å²) >= 11 is 0. The van der Waals surface area contributed by atoms with Gasteiger partial charge in [0.05, 0.1) is 0 Å². The van der Waals surface area contributed by atoms with Crippen LogP contribution in [0.15, 0.2) is 60.7 Å². The first kappa shape index (κ1) is 24.1. The Kier molecular flexibility index (Phi) is 6.54. The van der Waals surface area contributed by atoms with Gasteiger partial charge in [0.25, 0.3) is 5.91 Å². The monoisotopic (exact) mass is 482 g/mol. The van der Waals surface area contributed by atoms with Gasteiger partial charge in [-0.25, -0.2) is 0 Å². The van der Waals surface area contributed by atoms with Crippen molar-refractivity contribution in [2.24, 2.45) is 5.41 Å². The van der Waals surface area contributed by atoms with E-state index < -0.39 is 0 Å². The molecule has 5 rings (SSSR count). The van der Waals surface area contributed by atoms with Gasteiger partial charge in [0.15, 0.2) is 0 Å². The smallest absolute Gasteiger partial charge is 0.251 e. The fourth-order valence-corrected chi connectivity index (χ4v) is 5.40. The minimum absolute atomic E-state index is 0.0339. The van der Waals surface area contributed by atoms with Crippen LogP contribution in [-0.2, 0) is 6.42 Å². The van der Waals surface area contributed by atoms with Crippen molar-refractivity contribution in [3.8, 4) is 22.6 Å². The zero-order chi connectivity index (χ0) is 25.3. The predicted molar refractivity (Wildman–Crippen MR) is 146 cm³/mol. The first-order valence-electron chi connectivity index (χ1n) is 12.7. The Morgan fingerprint density at radius 1 is 1.03 bits per heavy atom. The van der Waals surface area contributed by atoms with Crippen molar-refractivity contribution >= 4 is 17.3 Å². The molecule has 3 aromatic carbocycles. The molecule has 6 nitrogen and oxygen atoms in total. The maximum atomic E-state index is 13.0. The van der Waals surface area contributed by atoms with Crippen molar-refractivity contribution in [2.75, 3.05) is 25.5 Å². The van der Waals surface area contributed by atoms with Gasteiger partial charge in [-0.2, -0.15) is 0 Å². The molecule has 186 valence electrons. The van der Waals surface area contributed by atoms with Crippen LogP contribution in [0.1, 0.15) is 48.2 Å². The van der Waals surface area contributed by atoms with E-state index in [0.29, 0.717) is 22.9 Å². The number of hydrogen-bond acceptors (Lipinski definition) is 5. The number of rotatable bonds is 8. The predicted octanol–water partition coefficient (Wildman–Crippen LogP) is 5.62. The molecule has 2 aliphatic rings. The summed E-state index contributed by atoms with van der Waals surface area (Å²) < 4.78 is 6.15. The average molecular weight is 483 g/mol. The molecule has 0 aromatic heterocycles. The number of nitrogens with one attached hydrogen (secondary N) is 4. The van der Waals surface area contributed by atoms with E-state index in [1.807, 2.05) is 55.6 Å². The van der Waals surface area contributed by atoms with Crippen LogP contribution in [-0.4, -0.2) is 37.8 Å². The molecule has 0 atom stereocenters. The number of carbonyl (C=O) groups excluding carboxylic acids is 1. The second-order valence-corrected chi connectivity index (χ2v) is 10.1. The van der Waals surface area contributed by atoms with Crippen LogP contribution in [0.4, 0.5) is 5.69 Å². The van der Waals surface area contributed by atoms with Gasteiger partial charge in [0.1, 0.15) is 11.5 Å². The van der Waals surface area contributed by atoms with Gasteiger partial charge >= 0.3 is 0 Å². The second-order valence-electron chi connectivity index (χ2n) is 10.1. The quantitative estimate of drug-likeness (QED) is 0.314. The third kappa shape index (κ3) is 4.73. The fraction of sp³-hybridized carbons (Fsp3) is 0.333. The molecule has 3 aromatic rings. The van der Waals surface area contributed by atoms with E-state index in [2.05, 4.69) is 35.0 Å². The zero-order valence-electron chi connectivity index (χ0n) is 21.2. The highest BCUT2D eigenvalue weighted by Gasteiger charge is 2.48. The van der Waals surface area contributed by atoms with Crippen molar-refractivity contribution in [3.63, 3.8) is 0 Å². The Balaban J connectivity index is 1.31. The van der Waals surface area contributed by atoms with Gasteiger partial charge in [-0.1, -0.05) is 31.2 Å². The summed E-state index contributed by atoms with van der Waals surface area (Å²) in [6.07, 6.45) is 2.95. The Morgan fingerprint density at radius 2 is 1.75 bits per heavy atom. The molecular formula is C30H34N4O2. The van der Waals surface area contributed by atoms with Crippen molar-refractivity contribution in [2.45, 2.75) is 39.2 Å². The highest BCUT2D eigenvalue weighted by atomic mass is 16.5. The van der Waals surface area contributed by atoms with Crippen LogP contribution in [0, 0.1) is 10.8 Å². The van der Waals surface area contributed by atoms with E-state index in [4.69, 9.17) is 10.1 Å². The molecule has 6 heteroatoms. The van der Waals surface area contributed by atoms with Gasteiger partial charge in [-0.15, -0.1) is 0 Å². The third-order valence-corrected chi connectivity index (χ3v) is 7.49. The lowest BCUT2D eigenvalue weighted by Crippen LogP contribution is -2.65. The van der Waals surface area contributed by atoms with Gasteiger partial charge in [-0.05, 0) is 78.6 Å². The SMILES string of the molecule is CCc1cc(-c2cccc(Oc3ccc(C(C)=N)c(NC)c3)c2)ccc1C(=O)NC1CC2(CNC2)C1. The first-order chi connectivity index (χ1) is 17.4. The van der Waals surface area contributed by atoms with E-state index in [1.54, 1.807) is 6.92 Å². The molecule has 1 saturated carbocycles. The Bertz CT molecular complexity index is 1300. The molecule has 1 heterocycles. The number of benzene rings is 3. The highest BCUT2D eigenvalue weighted by molar-refractivity contribution is 6.01. The molecule has 36 heavy (non-hydrogen) atoms. The van der Waals surface area contributed by atoms with E-state index in [-0.39, 0.29) is 5.91 Å². The Morgan fingerprint density at radius 3 is 2.42 bits per heavy atom. The summed E-state index contributed by atoms with van der Waals surface area (Å²) in [7, 11) is 1.84. The van der Waals surface area contributed by atoms with Gasteiger partial charge < -0.3 is 26.1 Å². The standard InChI is InChI=1S/C30H34N4O2/c1-4-20-12-22(8-10-27(20)29(35)34-23-15-30(16-23)17-33-18-30)21-6-5-7-24(13-21)36-25-9-11-26(19(2)31)28(14-25)32-3/h5-14,23,31-33H,4,15-18H2,1-3H3,(H,34,35). The molecule has 1 amide bonds. The number of hydrogen-bond donors (Lipinski definition) is 4. The second kappa shape index (κ2) is 9.78. The maximum absolute atomic E-state index is 13.0. The molecule has 1 saturated heterocycles. The number of carbonyl (C=O) groups is 1. The van der Waals surface area contributed by atoms with E-state index in [9.17, 15) is 4.79 Å². The van der Waals surface area contributed by atoms with Crippen molar-refractivity contribution in [1.29, 1.82) is 5.41 Å². The van der Waals surface area contributed by atoms with Crippen molar-refractivity contribution in [3.05, 3.63) is 77.4 Å². The summed E-state index contributed by atoms with van der Waals surface area (Å²) in [4.78, 5) is 13.0. The molecule has 2 fully saturated rings. The first-order valence-corrected chi connectivity index (χ1v) is 12.7. The van der Waals surface area contributed by atoms with Crippen LogP contribution < -0.4 is 20.7 Å². The van der Waals surface area contributed by atoms with Gasteiger partial charge in [0.2, 0.25) is 0 Å². The maximum Gasteiger partial charge on any atom is 0.251 e. The van der Waals surface area contributed by atoms with Crippen molar-refractivity contribution in [1.82, 2.24) is 10.6 Å². The third-order valence-electron chi connectivity index (χ3n) is 7.49. The van der Waals surface area contributed by atoms with Crippen LogP contribution in [0.2, 0.25) is 0 Å². The van der Waals surface area contributed by atoms with Crippen molar-refractivity contribution < 1.29 is 9.53 Å². The Hall–Kier alpha value is -3.64. The summed E-state index contributed by atoms with van der Waals surface area (Å²) in [5.41, 5.74) is 6.57. The molecule has 1 aliphatic heterocycles. The Labute approximate surface area is 213 Å². The molecule has 0 radical (unpaired) electrons. The highest BCUT2D eigenvalue weighted by Crippen LogP contribution is 2.44. The van der Waals surface area contributed by atoms with E-state index in [1.165, 1.54) is 0 Å². The fourth-order valence-electron chi connectivity index (χ4n) is 5.40. The van der Waals surface area contributed by atoms with Gasteiger partial charge in [-0.3, -0.25) is 4.79 Å². The van der Waals surface area contributed by atoms with Crippen LogP contribution in [0.5, 0.6) is 11.5 Å². The van der Waals surface area contributed by atoms with Crippen LogP contribution >= 0.6 is 0 Å². The molecule has 1 spiro atoms. The minimum Gasteiger partial charge on any atom is -0.457 e. The molecule has 4 N–H and O–H groups in total. The molecule has 0 unspecified atom stereocenters. The topological polar surface area (TPSA) is 86.2 Å². The minimum atomic E-state index is 0.0339. The largest absolute Gasteiger partial charge is 0.457 e. The zero-order valence-corrected chi connectivity index (χ0v) is 21.2. The number of anilines is 1. The summed E-state index contributed by atoms with van der Waals surface area (Å²) in [6.45, 7) is 6.03. The van der Waals surface area contributed by atoms with E-state index >= 15 is 0 Å². The lowest BCUT2D eigenvalue weighted by molar-refractivity contribution is 0.0232. The summed E-state index contributed by atoms with van der Waals surface area (Å²) in [6, 6.07) is 20.1. The molecule has 0 bridgehead atoms. The van der Waals surface area contributed by atoms with Gasteiger partial charge in [0, 0.05) is 54.8 Å². The van der Waals surface area contributed by atoms with E-state index in [0.717, 1.165) is 71.6 Å². The molecule has 1 aliphatic carbocycles. The normalized spacial score (nSPS) is 16.1. The lowest BCUT2D eigenvalue weighted by Gasteiger charge is -2.54. The molecular weight excluding hydrogens is 448 g/mol. The number of amides is 1.